The van der Waals surface area contributed by atoms with Gasteiger partial charge in [0.25, 0.3) is 0 Å². The van der Waals surface area contributed by atoms with Crippen molar-refractivity contribution in [1.29, 1.82) is 0 Å². The van der Waals surface area contributed by atoms with E-state index in [0.717, 1.165) is 35.4 Å². The van der Waals surface area contributed by atoms with Gasteiger partial charge in [-0.2, -0.15) is 0 Å². The van der Waals surface area contributed by atoms with Crippen molar-refractivity contribution in [2.45, 2.75) is 25.7 Å². The van der Waals surface area contributed by atoms with Gasteiger partial charge in [0.05, 0.1) is 11.9 Å². The minimum atomic E-state index is -0.819. The van der Waals surface area contributed by atoms with Gasteiger partial charge >= 0.3 is 5.97 Å². The number of piperidine rings is 1. The number of carboxylic acids is 1. The van der Waals surface area contributed by atoms with Gasteiger partial charge in [-0.05, 0) is 37.0 Å². The van der Waals surface area contributed by atoms with Gasteiger partial charge < -0.3 is 10.0 Å². The molecule has 0 amide bonds. The molecule has 0 bridgehead atoms. The van der Waals surface area contributed by atoms with Gasteiger partial charge in [0.2, 0.25) is 0 Å². The second-order valence-corrected chi connectivity index (χ2v) is 5.17. The number of hydrogen-bond acceptors (Lipinski definition) is 4. The highest BCUT2D eigenvalue weighted by Gasteiger charge is 2.15. The third-order valence-corrected chi connectivity index (χ3v) is 3.69. The summed E-state index contributed by atoms with van der Waals surface area (Å²) in [6, 6.07) is 5.61. The maximum Gasteiger partial charge on any atom is 0.307 e. The fourth-order valence-corrected chi connectivity index (χ4v) is 2.73. The zero-order chi connectivity index (χ0) is 13.9. The molecule has 0 aliphatic carbocycles. The monoisotopic (exact) mass is 271 g/mol. The van der Waals surface area contributed by atoms with E-state index in [1.54, 1.807) is 6.33 Å². The van der Waals surface area contributed by atoms with Crippen LogP contribution in [0.15, 0.2) is 24.5 Å². The van der Waals surface area contributed by atoms with E-state index in [0.29, 0.717) is 0 Å². The van der Waals surface area contributed by atoms with Crippen molar-refractivity contribution < 1.29 is 9.90 Å². The number of nitrogens with zero attached hydrogens (tertiary/aromatic N) is 3. The van der Waals surface area contributed by atoms with Crippen molar-refractivity contribution in [3.63, 3.8) is 0 Å². The van der Waals surface area contributed by atoms with Gasteiger partial charge in [-0.1, -0.05) is 6.07 Å². The minimum Gasteiger partial charge on any atom is -0.481 e. The predicted octanol–water partition coefficient (Wildman–Crippen LogP) is 2.25. The molecule has 2 heterocycles. The summed E-state index contributed by atoms with van der Waals surface area (Å²) >= 11 is 0. The molecule has 0 saturated carbocycles. The normalized spacial score (nSPS) is 15.5. The maximum atomic E-state index is 10.8. The Hall–Kier alpha value is -2.17. The average molecular weight is 271 g/mol. The zero-order valence-corrected chi connectivity index (χ0v) is 11.2. The van der Waals surface area contributed by atoms with E-state index in [2.05, 4.69) is 14.9 Å². The van der Waals surface area contributed by atoms with Crippen molar-refractivity contribution in [2.24, 2.45) is 0 Å². The summed E-state index contributed by atoms with van der Waals surface area (Å²) in [5.41, 5.74) is 1.66. The standard InChI is InChI=1S/C15H17N3O2/c19-14(20)9-11-4-5-13-12(8-11)15(17-10-16-13)18-6-2-1-3-7-18/h4-5,8,10H,1-3,6-7,9H2,(H,19,20). The molecule has 104 valence electrons. The SMILES string of the molecule is O=C(O)Cc1ccc2ncnc(N3CCCCC3)c2c1. The number of carboxylic acid groups (broad SMARTS) is 1. The lowest BCUT2D eigenvalue weighted by Gasteiger charge is -2.28. The average Bonchev–Trinajstić information content (AvgIpc) is 2.47. The molecule has 0 atom stereocenters. The topological polar surface area (TPSA) is 66.3 Å². The van der Waals surface area contributed by atoms with E-state index in [1.807, 2.05) is 18.2 Å². The molecule has 0 spiro atoms. The molecule has 3 rings (SSSR count). The Balaban J connectivity index is 2.03. The third-order valence-electron chi connectivity index (χ3n) is 3.69. The largest absolute Gasteiger partial charge is 0.481 e. The van der Waals surface area contributed by atoms with E-state index >= 15 is 0 Å². The smallest absolute Gasteiger partial charge is 0.307 e. The number of aliphatic carboxylic acids is 1. The zero-order valence-electron chi connectivity index (χ0n) is 11.2. The molecule has 1 fully saturated rings. The van der Waals surface area contributed by atoms with Crippen molar-refractivity contribution in [2.75, 3.05) is 18.0 Å². The molecule has 1 aliphatic heterocycles. The maximum absolute atomic E-state index is 10.8. The lowest BCUT2D eigenvalue weighted by molar-refractivity contribution is -0.136. The van der Waals surface area contributed by atoms with Gasteiger partial charge in [-0.3, -0.25) is 4.79 Å². The Morgan fingerprint density at radius 1 is 1.20 bits per heavy atom. The number of benzene rings is 1. The number of fused-ring (bicyclic) bond motifs is 1. The van der Waals surface area contributed by atoms with E-state index in [9.17, 15) is 4.79 Å². The lowest BCUT2D eigenvalue weighted by atomic mass is 10.1. The van der Waals surface area contributed by atoms with Crippen LogP contribution >= 0.6 is 0 Å². The summed E-state index contributed by atoms with van der Waals surface area (Å²) in [5.74, 6) is 0.114. The molecular formula is C15H17N3O2. The fraction of sp³-hybridized carbons (Fsp3) is 0.400. The van der Waals surface area contributed by atoms with Crippen LogP contribution in [-0.4, -0.2) is 34.1 Å². The number of hydrogen-bond donors (Lipinski definition) is 1. The summed E-state index contributed by atoms with van der Waals surface area (Å²) in [4.78, 5) is 21.8. The quantitative estimate of drug-likeness (QED) is 0.927. The molecule has 1 saturated heterocycles. The number of anilines is 1. The van der Waals surface area contributed by atoms with Gasteiger partial charge in [0.1, 0.15) is 12.1 Å². The molecule has 5 heteroatoms. The minimum absolute atomic E-state index is 0.0320. The second kappa shape index (κ2) is 5.45. The highest BCUT2D eigenvalue weighted by atomic mass is 16.4. The van der Waals surface area contributed by atoms with Crippen molar-refractivity contribution in [3.05, 3.63) is 30.1 Å². The Labute approximate surface area is 117 Å². The summed E-state index contributed by atoms with van der Waals surface area (Å²) in [6.45, 7) is 2.02. The Morgan fingerprint density at radius 3 is 2.75 bits per heavy atom. The van der Waals surface area contributed by atoms with Gasteiger partial charge in [-0.15, -0.1) is 0 Å². The predicted molar refractivity (Wildman–Crippen MR) is 76.9 cm³/mol. The van der Waals surface area contributed by atoms with Crippen LogP contribution in [0.1, 0.15) is 24.8 Å². The molecule has 20 heavy (non-hydrogen) atoms. The van der Waals surface area contributed by atoms with E-state index in [-0.39, 0.29) is 6.42 Å². The Bertz CT molecular complexity index is 636. The molecular weight excluding hydrogens is 254 g/mol. The number of aromatic nitrogens is 2. The highest BCUT2D eigenvalue weighted by Crippen LogP contribution is 2.26. The van der Waals surface area contributed by atoms with E-state index in [1.165, 1.54) is 19.3 Å². The van der Waals surface area contributed by atoms with Crippen LogP contribution in [0.2, 0.25) is 0 Å². The molecule has 0 radical (unpaired) electrons. The van der Waals surface area contributed by atoms with Crippen LogP contribution in [0, 0.1) is 0 Å². The van der Waals surface area contributed by atoms with Crippen LogP contribution in [0.4, 0.5) is 5.82 Å². The first-order valence-corrected chi connectivity index (χ1v) is 6.94. The molecule has 2 aromatic rings. The molecule has 1 aliphatic rings. The van der Waals surface area contributed by atoms with E-state index < -0.39 is 5.97 Å². The number of rotatable bonds is 3. The third kappa shape index (κ3) is 2.57. The van der Waals surface area contributed by atoms with Crippen molar-refractivity contribution >= 4 is 22.7 Å². The fourth-order valence-electron chi connectivity index (χ4n) is 2.73. The molecule has 0 unspecified atom stereocenters. The molecule has 1 aromatic carbocycles. The first-order valence-electron chi connectivity index (χ1n) is 6.94. The van der Waals surface area contributed by atoms with E-state index in [4.69, 9.17) is 5.11 Å². The first kappa shape index (κ1) is 12.8. The van der Waals surface area contributed by atoms with Crippen LogP contribution in [-0.2, 0) is 11.2 Å². The summed E-state index contributed by atoms with van der Waals surface area (Å²) in [6.07, 6.45) is 5.25. The Morgan fingerprint density at radius 2 is 2.00 bits per heavy atom. The molecule has 5 nitrogen and oxygen atoms in total. The van der Waals surface area contributed by atoms with Crippen LogP contribution < -0.4 is 4.90 Å². The Kier molecular flexibility index (Phi) is 3.50. The number of carbonyl (C=O) groups is 1. The van der Waals surface area contributed by atoms with Crippen LogP contribution in [0.25, 0.3) is 10.9 Å². The van der Waals surface area contributed by atoms with Crippen molar-refractivity contribution in [3.8, 4) is 0 Å². The lowest BCUT2D eigenvalue weighted by Crippen LogP contribution is -2.30. The summed E-state index contributed by atoms with van der Waals surface area (Å²) in [7, 11) is 0. The highest BCUT2D eigenvalue weighted by molar-refractivity contribution is 5.90. The van der Waals surface area contributed by atoms with Gasteiger partial charge in [0, 0.05) is 18.5 Å². The summed E-state index contributed by atoms with van der Waals surface area (Å²) < 4.78 is 0. The second-order valence-electron chi connectivity index (χ2n) is 5.17. The molecule has 1 aromatic heterocycles. The summed E-state index contributed by atoms with van der Waals surface area (Å²) in [5, 5.41) is 9.87. The van der Waals surface area contributed by atoms with Crippen molar-refractivity contribution in [1.82, 2.24) is 9.97 Å². The molecule has 1 N–H and O–H groups in total. The van der Waals surface area contributed by atoms with Gasteiger partial charge in [0.15, 0.2) is 0 Å². The first-order chi connectivity index (χ1) is 9.74. The van der Waals surface area contributed by atoms with Gasteiger partial charge in [-0.25, -0.2) is 9.97 Å². The van der Waals surface area contributed by atoms with Crippen LogP contribution in [0.3, 0.4) is 0 Å². The van der Waals surface area contributed by atoms with Crippen LogP contribution in [0.5, 0.6) is 0 Å².